The van der Waals surface area contributed by atoms with Crippen molar-refractivity contribution in [1.29, 1.82) is 5.26 Å². The molecule has 0 saturated carbocycles. The smallest absolute Gasteiger partial charge is 0.244 e. The highest BCUT2D eigenvalue weighted by Gasteiger charge is 2.35. The number of ether oxygens (including phenoxy) is 2. The lowest BCUT2D eigenvalue weighted by atomic mass is 9.83. The molecule has 1 aliphatic rings. The number of hydrogen-bond acceptors (Lipinski definition) is 5. The number of benzene rings is 3. The molecular formula is C27H21ClN4O2. The third kappa shape index (κ3) is 4.09. The summed E-state index contributed by atoms with van der Waals surface area (Å²) in [7, 11) is 0. The monoisotopic (exact) mass is 468 g/mol. The maximum absolute atomic E-state index is 9.90. The number of aromatic amines is 1. The summed E-state index contributed by atoms with van der Waals surface area (Å²) in [4.78, 5) is 0. The fraction of sp³-hybridized carbons (Fsp3) is 0.111. The van der Waals surface area contributed by atoms with Gasteiger partial charge in [-0.05, 0) is 42.3 Å². The predicted molar refractivity (Wildman–Crippen MR) is 130 cm³/mol. The summed E-state index contributed by atoms with van der Waals surface area (Å²) < 4.78 is 11.6. The topological polar surface area (TPSA) is 96.9 Å². The minimum Gasteiger partial charge on any atom is -0.489 e. The van der Waals surface area contributed by atoms with Crippen LogP contribution in [-0.2, 0) is 6.61 Å². The van der Waals surface area contributed by atoms with E-state index in [4.69, 9.17) is 26.8 Å². The van der Waals surface area contributed by atoms with E-state index in [9.17, 15) is 5.26 Å². The van der Waals surface area contributed by atoms with Gasteiger partial charge in [0.2, 0.25) is 11.8 Å². The molecule has 1 atom stereocenters. The Balaban J connectivity index is 1.48. The number of aryl methyl sites for hydroxylation is 1. The SMILES string of the molecule is Cc1cccc(COc2ccc([C@H]3C(C#N)=C(N)Oc4n[nH]c(-c5ccc(Cl)cc5)c43)cc2)c1. The van der Waals surface area contributed by atoms with E-state index in [0.29, 0.717) is 23.1 Å². The summed E-state index contributed by atoms with van der Waals surface area (Å²) in [6, 6.07) is 25.5. The molecule has 3 N–H and O–H groups in total. The molecule has 34 heavy (non-hydrogen) atoms. The lowest BCUT2D eigenvalue weighted by Crippen LogP contribution is -2.21. The lowest BCUT2D eigenvalue weighted by Gasteiger charge is -2.24. The molecule has 0 unspecified atom stereocenters. The van der Waals surface area contributed by atoms with Crippen LogP contribution in [0.2, 0.25) is 5.02 Å². The molecule has 5 rings (SSSR count). The summed E-state index contributed by atoms with van der Waals surface area (Å²) in [5.41, 5.74) is 12.0. The Kier molecular flexibility index (Phi) is 5.70. The van der Waals surface area contributed by atoms with Gasteiger partial charge in [-0.3, -0.25) is 5.10 Å². The van der Waals surface area contributed by atoms with Gasteiger partial charge in [0, 0.05) is 10.6 Å². The number of aromatic nitrogens is 2. The highest BCUT2D eigenvalue weighted by atomic mass is 35.5. The quantitative estimate of drug-likeness (QED) is 0.383. The highest BCUT2D eigenvalue weighted by molar-refractivity contribution is 6.30. The van der Waals surface area contributed by atoms with E-state index in [0.717, 1.165) is 33.7 Å². The molecule has 0 amide bonds. The Hall–Kier alpha value is -4.21. The van der Waals surface area contributed by atoms with E-state index in [1.807, 2.05) is 48.5 Å². The number of nitrogens with one attached hydrogen (secondary N) is 1. The van der Waals surface area contributed by atoms with Crippen molar-refractivity contribution in [3.63, 3.8) is 0 Å². The number of nitriles is 1. The van der Waals surface area contributed by atoms with Gasteiger partial charge in [-0.15, -0.1) is 5.10 Å². The van der Waals surface area contributed by atoms with Gasteiger partial charge in [-0.2, -0.15) is 5.26 Å². The average molecular weight is 469 g/mol. The van der Waals surface area contributed by atoms with Gasteiger partial charge in [-0.25, -0.2) is 0 Å². The van der Waals surface area contributed by atoms with Crippen molar-refractivity contribution in [1.82, 2.24) is 10.2 Å². The average Bonchev–Trinajstić information content (AvgIpc) is 3.26. The minimum absolute atomic E-state index is 0.0499. The molecule has 2 heterocycles. The summed E-state index contributed by atoms with van der Waals surface area (Å²) in [5.74, 6) is 0.697. The van der Waals surface area contributed by atoms with Crippen LogP contribution in [0.3, 0.4) is 0 Å². The molecule has 0 aliphatic carbocycles. The largest absolute Gasteiger partial charge is 0.489 e. The van der Waals surface area contributed by atoms with Crippen LogP contribution >= 0.6 is 11.6 Å². The number of allylic oxidation sites excluding steroid dienone is 1. The standard InChI is InChI=1S/C27H21ClN4O2/c1-16-3-2-4-17(13-16)15-33-21-11-7-18(8-12-21)23-22(14-29)26(30)34-27-24(23)25(31-32-27)19-5-9-20(28)10-6-19/h2-13,23H,15,30H2,1H3,(H,31,32)/t23-/m0/s1. The van der Waals surface area contributed by atoms with Crippen molar-refractivity contribution in [2.45, 2.75) is 19.4 Å². The molecule has 0 fully saturated rings. The Morgan fingerprint density at radius 3 is 2.59 bits per heavy atom. The zero-order valence-electron chi connectivity index (χ0n) is 18.4. The van der Waals surface area contributed by atoms with Gasteiger partial charge in [0.15, 0.2) is 0 Å². The van der Waals surface area contributed by atoms with Crippen LogP contribution in [0.4, 0.5) is 0 Å². The van der Waals surface area contributed by atoms with Crippen LogP contribution < -0.4 is 15.2 Å². The number of nitrogens with zero attached hydrogens (tertiary/aromatic N) is 2. The van der Waals surface area contributed by atoms with E-state index in [1.165, 1.54) is 5.56 Å². The third-order valence-corrected chi connectivity index (χ3v) is 6.03. The molecule has 168 valence electrons. The summed E-state index contributed by atoms with van der Waals surface area (Å²) >= 11 is 6.06. The van der Waals surface area contributed by atoms with Crippen LogP contribution in [0.15, 0.2) is 84.3 Å². The van der Waals surface area contributed by atoms with Crippen molar-refractivity contribution in [3.05, 3.63) is 112 Å². The maximum Gasteiger partial charge on any atom is 0.244 e. The van der Waals surface area contributed by atoms with Crippen LogP contribution in [-0.4, -0.2) is 10.2 Å². The third-order valence-electron chi connectivity index (χ3n) is 5.77. The second kappa shape index (κ2) is 8.97. The first-order valence-corrected chi connectivity index (χ1v) is 11.1. The summed E-state index contributed by atoms with van der Waals surface area (Å²) in [5, 5.41) is 17.9. The van der Waals surface area contributed by atoms with Crippen molar-refractivity contribution >= 4 is 11.6 Å². The first kappa shape index (κ1) is 21.6. The van der Waals surface area contributed by atoms with Crippen molar-refractivity contribution < 1.29 is 9.47 Å². The van der Waals surface area contributed by atoms with E-state index >= 15 is 0 Å². The molecule has 0 saturated heterocycles. The molecule has 0 spiro atoms. The van der Waals surface area contributed by atoms with E-state index in [2.05, 4.69) is 35.3 Å². The molecular weight excluding hydrogens is 448 g/mol. The highest BCUT2D eigenvalue weighted by Crippen LogP contribution is 2.45. The normalized spacial score (nSPS) is 14.8. The number of hydrogen-bond donors (Lipinski definition) is 2. The number of fused-ring (bicyclic) bond motifs is 1. The Bertz CT molecular complexity index is 1420. The number of H-pyrrole nitrogens is 1. The molecule has 4 aromatic rings. The van der Waals surface area contributed by atoms with Crippen LogP contribution in [0.1, 0.15) is 28.2 Å². The second-order valence-electron chi connectivity index (χ2n) is 8.10. The number of nitrogens with two attached hydrogens (primary N) is 1. The molecule has 0 radical (unpaired) electrons. The Morgan fingerprint density at radius 2 is 1.88 bits per heavy atom. The van der Waals surface area contributed by atoms with Crippen molar-refractivity contribution in [3.8, 4) is 29.0 Å². The Labute approximate surface area is 202 Å². The molecule has 1 aromatic heterocycles. The first-order valence-electron chi connectivity index (χ1n) is 10.7. The van der Waals surface area contributed by atoms with Crippen molar-refractivity contribution in [2.24, 2.45) is 5.73 Å². The van der Waals surface area contributed by atoms with Gasteiger partial charge < -0.3 is 15.2 Å². The number of halogens is 1. The van der Waals surface area contributed by atoms with E-state index in [-0.39, 0.29) is 5.88 Å². The van der Waals surface area contributed by atoms with E-state index < -0.39 is 5.92 Å². The molecule has 6 nitrogen and oxygen atoms in total. The van der Waals surface area contributed by atoms with Crippen LogP contribution in [0.5, 0.6) is 11.6 Å². The molecule has 7 heteroatoms. The number of rotatable bonds is 5. The second-order valence-corrected chi connectivity index (χ2v) is 8.53. The van der Waals surface area contributed by atoms with Gasteiger partial charge >= 0.3 is 0 Å². The summed E-state index contributed by atoms with van der Waals surface area (Å²) in [6.07, 6.45) is 0. The molecule has 0 bridgehead atoms. The fourth-order valence-corrected chi connectivity index (χ4v) is 4.27. The van der Waals surface area contributed by atoms with Gasteiger partial charge in [-0.1, -0.05) is 65.7 Å². The van der Waals surface area contributed by atoms with Gasteiger partial charge in [0.25, 0.3) is 0 Å². The lowest BCUT2D eigenvalue weighted by molar-refractivity contribution is 0.306. The van der Waals surface area contributed by atoms with Crippen LogP contribution in [0, 0.1) is 18.3 Å². The van der Waals surface area contributed by atoms with Gasteiger partial charge in [0.1, 0.15) is 24.0 Å². The fourth-order valence-electron chi connectivity index (χ4n) is 4.14. The molecule has 1 aliphatic heterocycles. The zero-order valence-corrected chi connectivity index (χ0v) is 19.1. The summed E-state index contributed by atoms with van der Waals surface area (Å²) in [6.45, 7) is 2.53. The van der Waals surface area contributed by atoms with Gasteiger partial charge in [0.05, 0.1) is 17.2 Å². The Morgan fingerprint density at radius 1 is 1.12 bits per heavy atom. The minimum atomic E-state index is -0.441. The van der Waals surface area contributed by atoms with E-state index in [1.54, 1.807) is 12.1 Å². The van der Waals surface area contributed by atoms with Crippen LogP contribution in [0.25, 0.3) is 11.3 Å². The predicted octanol–water partition coefficient (Wildman–Crippen LogP) is 5.84. The first-order chi connectivity index (χ1) is 16.5. The van der Waals surface area contributed by atoms with Crippen molar-refractivity contribution in [2.75, 3.05) is 0 Å². The zero-order chi connectivity index (χ0) is 23.7. The molecule has 3 aromatic carbocycles. The maximum atomic E-state index is 9.90.